The number of nitrogen functional groups attached to an aromatic ring is 1. The zero-order chi connectivity index (χ0) is 14.5. The molecule has 8 nitrogen and oxygen atoms in total. The third-order valence-corrected chi connectivity index (χ3v) is 3.07. The number of rotatable bonds is 7. The first-order valence-electron chi connectivity index (χ1n) is 5.41. The number of anilines is 1. The van der Waals surface area contributed by atoms with Crippen LogP contribution in [0.25, 0.3) is 0 Å². The maximum Gasteiger partial charge on any atom is 0.295 e. The number of ether oxygens (including phenoxy) is 1. The summed E-state index contributed by atoms with van der Waals surface area (Å²) in [4.78, 5) is 10.0. The van der Waals surface area contributed by atoms with Crippen LogP contribution in [0.3, 0.4) is 0 Å². The van der Waals surface area contributed by atoms with Crippen molar-refractivity contribution in [1.29, 1.82) is 0 Å². The van der Waals surface area contributed by atoms with Crippen molar-refractivity contribution in [3.63, 3.8) is 0 Å². The molecule has 0 unspecified atom stereocenters. The van der Waals surface area contributed by atoms with Crippen LogP contribution < -0.4 is 10.5 Å². The van der Waals surface area contributed by atoms with Gasteiger partial charge in [-0.1, -0.05) is 0 Å². The van der Waals surface area contributed by atoms with E-state index in [1.165, 1.54) is 18.2 Å². The summed E-state index contributed by atoms with van der Waals surface area (Å²) in [6.07, 6.45) is 0.647. The predicted octanol–water partition coefficient (Wildman–Crippen LogP) is 1.22. The number of hydrogen-bond acceptors (Lipinski definition) is 6. The molecule has 0 saturated heterocycles. The Bertz CT molecular complexity index is 557. The van der Waals surface area contributed by atoms with E-state index in [4.69, 9.17) is 15.0 Å². The van der Waals surface area contributed by atoms with Crippen molar-refractivity contribution < 1.29 is 22.6 Å². The number of nitro groups is 1. The number of nitro benzene ring substituents is 1. The van der Waals surface area contributed by atoms with Gasteiger partial charge in [-0.15, -0.1) is 0 Å². The van der Waals surface area contributed by atoms with E-state index >= 15 is 0 Å². The second-order valence-electron chi connectivity index (χ2n) is 3.82. The largest absolute Gasteiger partial charge is 0.493 e. The number of hydrogen-bond donors (Lipinski definition) is 2. The summed E-state index contributed by atoms with van der Waals surface area (Å²) < 4.78 is 34.6. The predicted molar refractivity (Wildman–Crippen MR) is 68.7 cm³/mol. The number of nitrogens with zero attached hydrogens (tertiary/aromatic N) is 1. The highest BCUT2D eigenvalue weighted by Crippen LogP contribution is 2.26. The summed E-state index contributed by atoms with van der Waals surface area (Å²) in [6.45, 7) is 0.191. The van der Waals surface area contributed by atoms with Gasteiger partial charge in [0.25, 0.3) is 15.8 Å². The Labute approximate surface area is 110 Å². The zero-order valence-corrected chi connectivity index (χ0v) is 10.8. The number of benzene rings is 1. The molecule has 19 heavy (non-hydrogen) atoms. The van der Waals surface area contributed by atoms with Gasteiger partial charge in [-0.2, -0.15) is 8.42 Å². The van der Waals surface area contributed by atoms with Gasteiger partial charge in [0.1, 0.15) is 11.4 Å². The van der Waals surface area contributed by atoms with E-state index in [2.05, 4.69) is 0 Å². The van der Waals surface area contributed by atoms with Gasteiger partial charge in [-0.3, -0.25) is 14.7 Å². The van der Waals surface area contributed by atoms with E-state index in [9.17, 15) is 18.5 Å². The van der Waals surface area contributed by atoms with Crippen LogP contribution in [0.1, 0.15) is 12.8 Å². The van der Waals surface area contributed by atoms with Crippen LogP contribution in [0.15, 0.2) is 18.2 Å². The van der Waals surface area contributed by atoms with Crippen molar-refractivity contribution in [1.82, 2.24) is 0 Å². The van der Waals surface area contributed by atoms with Crippen LogP contribution in [-0.4, -0.2) is 30.3 Å². The minimum absolute atomic E-state index is 0.0451. The first-order chi connectivity index (χ1) is 8.79. The molecule has 1 aromatic rings. The number of nitrogens with two attached hydrogens (primary N) is 1. The third-order valence-electron chi connectivity index (χ3n) is 2.26. The second-order valence-corrected chi connectivity index (χ2v) is 5.39. The van der Waals surface area contributed by atoms with Crippen LogP contribution >= 0.6 is 0 Å². The molecule has 0 spiro atoms. The molecule has 9 heteroatoms. The first-order valence-corrected chi connectivity index (χ1v) is 7.02. The first kappa shape index (κ1) is 15.2. The van der Waals surface area contributed by atoms with Gasteiger partial charge in [-0.25, -0.2) is 0 Å². The van der Waals surface area contributed by atoms with Crippen molar-refractivity contribution in [2.75, 3.05) is 18.1 Å². The Kier molecular flexibility index (Phi) is 5.07. The van der Waals surface area contributed by atoms with Crippen LogP contribution in [0, 0.1) is 10.1 Å². The van der Waals surface area contributed by atoms with E-state index in [-0.39, 0.29) is 35.9 Å². The SMILES string of the molecule is Nc1ccc(OCCCCS(=O)(=O)O)cc1[N+](=O)[O-]. The van der Waals surface area contributed by atoms with Gasteiger partial charge in [0, 0.05) is 0 Å². The second kappa shape index (κ2) is 6.34. The summed E-state index contributed by atoms with van der Waals surface area (Å²) in [6, 6.07) is 4.06. The Morgan fingerprint density at radius 1 is 1.37 bits per heavy atom. The molecule has 106 valence electrons. The molecule has 1 aromatic carbocycles. The van der Waals surface area contributed by atoms with Crippen molar-refractivity contribution in [2.45, 2.75) is 12.8 Å². The van der Waals surface area contributed by atoms with Crippen LogP contribution in [0.5, 0.6) is 5.75 Å². The maximum atomic E-state index is 10.6. The van der Waals surface area contributed by atoms with Crippen molar-refractivity contribution in [2.24, 2.45) is 0 Å². The fourth-order valence-corrected chi connectivity index (χ4v) is 1.92. The molecule has 0 saturated carbocycles. The molecule has 0 radical (unpaired) electrons. The van der Waals surface area contributed by atoms with Gasteiger partial charge >= 0.3 is 0 Å². The fourth-order valence-electron chi connectivity index (χ4n) is 1.35. The minimum Gasteiger partial charge on any atom is -0.493 e. The summed E-state index contributed by atoms with van der Waals surface area (Å²) in [5, 5.41) is 10.6. The summed E-state index contributed by atoms with van der Waals surface area (Å²) >= 11 is 0. The Balaban J connectivity index is 2.46. The quantitative estimate of drug-likeness (QED) is 0.253. The van der Waals surface area contributed by atoms with E-state index in [0.717, 1.165) is 0 Å². The summed E-state index contributed by atoms with van der Waals surface area (Å²) in [7, 11) is -3.95. The van der Waals surface area contributed by atoms with Crippen LogP contribution in [-0.2, 0) is 10.1 Å². The molecule has 0 heterocycles. The van der Waals surface area contributed by atoms with Gasteiger partial charge in [-0.05, 0) is 25.0 Å². The van der Waals surface area contributed by atoms with E-state index in [1.54, 1.807) is 0 Å². The van der Waals surface area contributed by atoms with Crippen LogP contribution in [0.4, 0.5) is 11.4 Å². The molecule has 0 aliphatic carbocycles. The monoisotopic (exact) mass is 290 g/mol. The molecular weight excluding hydrogens is 276 g/mol. The van der Waals surface area contributed by atoms with E-state index < -0.39 is 15.0 Å². The number of unbranched alkanes of at least 4 members (excludes halogenated alkanes) is 1. The lowest BCUT2D eigenvalue weighted by molar-refractivity contribution is -0.384. The van der Waals surface area contributed by atoms with Gasteiger partial charge in [0.05, 0.1) is 23.3 Å². The Hall–Kier alpha value is -1.87. The van der Waals surface area contributed by atoms with Crippen molar-refractivity contribution in [3.05, 3.63) is 28.3 Å². The summed E-state index contributed by atoms with van der Waals surface area (Å²) in [5.41, 5.74) is 5.23. The maximum absolute atomic E-state index is 10.6. The smallest absolute Gasteiger partial charge is 0.295 e. The van der Waals surface area contributed by atoms with Crippen molar-refractivity contribution in [3.8, 4) is 5.75 Å². The molecule has 1 rings (SSSR count). The van der Waals surface area contributed by atoms with E-state index in [0.29, 0.717) is 6.42 Å². The minimum atomic E-state index is -3.95. The van der Waals surface area contributed by atoms with E-state index in [1.807, 2.05) is 0 Å². The van der Waals surface area contributed by atoms with Gasteiger partial charge < -0.3 is 10.5 Å². The van der Waals surface area contributed by atoms with Crippen molar-refractivity contribution >= 4 is 21.5 Å². The average Bonchev–Trinajstić information content (AvgIpc) is 2.29. The molecule has 0 aliphatic rings. The lowest BCUT2D eigenvalue weighted by Crippen LogP contribution is -2.06. The third kappa shape index (κ3) is 5.53. The molecule has 0 atom stereocenters. The lowest BCUT2D eigenvalue weighted by Gasteiger charge is -2.06. The molecule has 3 N–H and O–H groups in total. The lowest BCUT2D eigenvalue weighted by atomic mass is 10.2. The normalized spacial score (nSPS) is 11.2. The topological polar surface area (TPSA) is 133 Å². The van der Waals surface area contributed by atoms with Crippen LogP contribution in [0.2, 0.25) is 0 Å². The molecule has 0 aliphatic heterocycles. The Morgan fingerprint density at radius 3 is 2.63 bits per heavy atom. The molecule has 0 aromatic heterocycles. The molecular formula is C10H14N2O6S. The molecule has 0 bridgehead atoms. The van der Waals surface area contributed by atoms with Gasteiger partial charge in [0.15, 0.2) is 0 Å². The Morgan fingerprint density at radius 2 is 2.05 bits per heavy atom. The molecule has 0 amide bonds. The highest BCUT2D eigenvalue weighted by atomic mass is 32.2. The zero-order valence-electron chi connectivity index (χ0n) is 9.98. The average molecular weight is 290 g/mol. The molecule has 0 fully saturated rings. The standard InChI is InChI=1S/C10H14N2O6S/c11-9-4-3-8(7-10(9)12(13)14)18-5-1-2-6-19(15,16)17/h3-4,7H,1-2,5-6,11H2,(H,15,16,17). The highest BCUT2D eigenvalue weighted by molar-refractivity contribution is 7.85. The fraction of sp³-hybridized carbons (Fsp3) is 0.400. The summed E-state index contributed by atoms with van der Waals surface area (Å²) in [5.74, 6) is -0.0501. The van der Waals surface area contributed by atoms with Gasteiger partial charge in [0.2, 0.25) is 0 Å². The highest BCUT2D eigenvalue weighted by Gasteiger charge is 2.12.